The minimum atomic E-state index is -0.203. The van der Waals surface area contributed by atoms with E-state index in [4.69, 9.17) is 9.47 Å². The van der Waals surface area contributed by atoms with Crippen molar-refractivity contribution in [2.75, 3.05) is 50.0 Å². The van der Waals surface area contributed by atoms with Gasteiger partial charge in [-0.05, 0) is 42.0 Å². The maximum Gasteiger partial charge on any atom is 0.238 e. The number of alkyl halides is 1. The summed E-state index contributed by atoms with van der Waals surface area (Å²) in [5.41, 5.74) is 4.03. The summed E-state index contributed by atoms with van der Waals surface area (Å²) in [5.74, 6) is 0.835. The number of hydrogen-bond donors (Lipinski definition) is 0. The Balaban J connectivity index is 1.86. The largest absolute Gasteiger partial charge is 0.497 e. The predicted octanol–water partition coefficient (Wildman–Crippen LogP) is 4.37. The number of Topliss-reactive ketones (excluding diaryl/α,β-unsaturated/α-hetero) is 1. The third-order valence-corrected chi connectivity index (χ3v) is 5.82. The molecule has 7 nitrogen and oxygen atoms in total. The molecule has 0 saturated heterocycles. The quantitative estimate of drug-likeness (QED) is 0.366. The number of nitrogens with zero attached hydrogens (tertiary/aromatic N) is 3. The van der Waals surface area contributed by atoms with Crippen LogP contribution in [0.5, 0.6) is 11.6 Å². The van der Waals surface area contributed by atoms with Gasteiger partial charge in [-0.2, -0.15) is 0 Å². The Bertz CT molecular complexity index is 1130. The van der Waals surface area contributed by atoms with Gasteiger partial charge in [0.25, 0.3) is 0 Å². The molecule has 3 aromatic rings. The molecule has 1 heterocycles. The number of carbonyl (C=O) groups excluding carboxylic acids is 2. The third-order valence-electron chi connectivity index (χ3n) is 5.34. The number of rotatable bonds is 10. The van der Waals surface area contributed by atoms with Crippen LogP contribution in [0.25, 0.3) is 11.3 Å². The molecule has 0 unspecified atom stereocenters. The zero-order valence-corrected chi connectivity index (χ0v) is 21.3. The first kappa shape index (κ1) is 25.2. The second-order valence-corrected chi connectivity index (χ2v) is 8.39. The lowest BCUT2D eigenvalue weighted by Crippen LogP contribution is -2.37. The fourth-order valence-corrected chi connectivity index (χ4v) is 3.80. The maximum absolute atomic E-state index is 13.1. The maximum atomic E-state index is 13.1. The Labute approximate surface area is 208 Å². The Morgan fingerprint density at radius 2 is 1.53 bits per heavy atom. The first-order chi connectivity index (χ1) is 16.4. The van der Waals surface area contributed by atoms with E-state index in [-0.39, 0.29) is 30.0 Å². The van der Waals surface area contributed by atoms with Crippen LogP contribution in [0.3, 0.4) is 0 Å². The summed E-state index contributed by atoms with van der Waals surface area (Å²) >= 11 is 3.22. The zero-order valence-electron chi connectivity index (χ0n) is 19.7. The van der Waals surface area contributed by atoms with Crippen molar-refractivity contribution in [1.29, 1.82) is 0 Å². The third kappa shape index (κ3) is 6.14. The smallest absolute Gasteiger partial charge is 0.238 e. The van der Waals surface area contributed by atoms with Gasteiger partial charge >= 0.3 is 0 Å². The standard InChI is InChI=1S/C26H28BrN3O4/c1-29(2)20-8-5-18(6-9-20)26-19(7-14-24(28-26)34-4)15-22(31)17-30(25(32)16-27)21-10-12-23(33-3)13-11-21/h5-14H,15-17H2,1-4H3. The van der Waals surface area contributed by atoms with Crippen LogP contribution in [-0.2, 0) is 16.0 Å². The summed E-state index contributed by atoms with van der Waals surface area (Å²) in [6.45, 7) is -0.0538. The van der Waals surface area contributed by atoms with Crippen LogP contribution in [0, 0.1) is 0 Å². The second-order valence-electron chi connectivity index (χ2n) is 7.83. The lowest BCUT2D eigenvalue weighted by molar-refractivity contribution is -0.121. The molecular weight excluding hydrogens is 498 g/mol. The molecule has 0 atom stereocenters. The predicted molar refractivity (Wildman–Crippen MR) is 138 cm³/mol. The number of hydrogen-bond acceptors (Lipinski definition) is 6. The molecule has 1 aromatic heterocycles. The zero-order chi connectivity index (χ0) is 24.7. The van der Waals surface area contributed by atoms with Crippen molar-refractivity contribution in [3.05, 3.63) is 66.2 Å². The molecule has 0 aliphatic rings. The van der Waals surface area contributed by atoms with E-state index in [1.165, 1.54) is 4.90 Å². The highest BCUT2D eigenvalue weighted by molar-refractivity contribution is 9.09. The van der Waals surface area contributed by atoms with Crippen molar-refractivity contribution in [3.63, 3.8) is 0 Å². The summed E-state index contributed by atoms with van der Waals surface area (Å²) in [7, 11) is 7.09. The number of amides is 1. The minimum absolute atomic E-state index is 0.0538. The van der Waals surface area contributed by atoms with E-state index in [0.29, 0.717) is 23.0 Å². The molecule has 0 bridgehead atoms. The molecule has 0 aliphatic heterocycles. The Morgan fingerprint density at radius 1 is 0.882 bits per heavy atom. The van der Waals surface area contributed by atoms with Gasteiger partial charge in [0.15, 0.2) is 5.78 Å². The number of ketones is 1. The number of pyridine rings is 1. The molecule has 0 N–H and O–H groups in total. The molecule has 0 spiro atoms. The fraction of sp³-hybridized carbons (Fsp3) is 0.269. The van der Waals surface area contributed by atoms with Crippen LogP contribution in [0.2, 0.25) is 0 Å². The van der Waals surface area contributed by atoms with E-state index in [1.807, 2.05) is 49.3 Å². The highest BCUT2D eigenvalue weighted by Gasteiger charge is 2.20. The lowest BCUT2D eigenvalue weighted by atomic mass is 10.0. The van der Waals surface area contributed by atoms with E-state index in [1.54, 1.807) is 44.6 Å². The first-order valence-corrected chi connectivity index (χ1v) is 11.8. The van der Waals surface area contributed by atoms with Crippen LogP contribution < -0.4 is 19.3 Å². The molecule has 0 fully saturated rings. The van der Waals surface area contributed by atoms with Gasteiger partial charge < -0.3 is 19.3 Å². The van der Waals surface area contributed by atoms with Crippen molar-refractivity contribution in [2.45, 2.75) is 6.42 Å². The minimum Gasteiger partial charge on any atom is -0.497 e. The number of carbonyl (C=O) groups is 2. The summed E-state index contributed by atoms with van der Waals surface area (Å²) < 4.78 is 10.5. The first-order valence-electron chi connectivity index (χ1n) is 10.7. The number of anilines is 2. The van der Waals surface area contributed by atoms with Gasteiger partial charge in [0, 0.05) is 43.5 Å². The number of halogens is 1. The van der Waals surface area contributed by atoms with Gasteiger partial charge in [-0.15, -0.1) is 0 Å². The SMILES string of the molecule is COc1ccc(N(CC(=O)Cc2ccc(OC)nc2-c2ccc(N(C)C)cc2)C(=O)CBr)cc1. The van der Waals surface area contributed by atoms with Gasteiger partial charge in [0.05, 0.1) is 31.8 Å². The summed E-state index contributed by atoms with van der Waals surface area (Å²) in [5, 5.41) is 0.111. The number of methoxy groups -OCH3 is 2. The molecule has 3 rings (SSSR count). The number of aromatic nitrogens is 1. The molecule has 0 aliphatic carbocycles. The molecule has 0 saturated carbocycles. The van der Waals surface area contributed by atoms with Gasteiger partial charge in [0.2, 0.25) is 11.8 Å². The van der Waals surface area contributed by atoms with Crippen LogP contribution >= 0.6 is 15.9 Å². The van der Waals surface area contributed by atoms with Crippen molar-refractivity contribution < 1.29 is 19.1 Å². The molecule has 1 amide bonds. The average molecular weight is 526 g/mol. The summed E-state index contributed by atoms with van der Waals surface area (Å²) in [6.07, 6.45) is 0.129. The molecule has 0 radical (unpaired) electrons. The molecular formula is C26H28BrN3O4. The highest BCUT2D eigenvalue weighted by Crippen LogP contribution is 2.27. The average Bonchev–Trinajstić information content (AvgIpc) is 2.87. The topological polar surface area (TPSA) is 72.0 Å². The molecule has 2 aromatic carbocycles. The van der Waals surface area contributed by atoms with Crippen LogP contribution in [0.15, 0.2) is 60.7 Å². The van der Waals surface area contributed by atoms with E-state index in [0.717, 1.165) is 16.8 Å². The van der Waals surface area contributed by atoms with Crippen LogP contribution in [0.1, 0.15) is 5.56 Å². The molecule has 8 heteroatoms. The second kappa shape index (κ2) is 11.7. The Kier molecular flexibility index (Phi) is 8.65. The molecule has 178 valence electrons. The van der Waals surface area contributed by atoms with E-state index in [2.05, 4.69) is 20.9 Å². The lowest BCUT2D eigenvalue weighted by Gasteiger charge is -2.22. The van der Waals surface area contributed by atoms with Gasteiger partial charge in [-0.25, -0.2) is 4.98 Å². The monoisotopic (exact) mass is 525 g/mol. The highest BCUT2D eigenvalue weighted by atomic mass is 79.9. The van der Waals surface area contributed by atoms with E-state index >= 15 is 0 Å². The number of ether oxygens (including phenoxy) is 2. The fourth-order valence-electron chi connectivity index (χ4n) is 3.50. The van der Waals surface area contributed by atoms with Crippen molar-refractivity contribution in [2.24, 2.45) is 0 Å². The summed E-state index contributed by atoms with van der Waals surface area (Å²) in [4.78, 5) is 33.8. The van der Waals surface area contributed by atoms with Gasteiger partial charge in [-0.1, -0.05) is 34.1 Å². The van der Waals surface area contributed by atoms with Gasteiger partial charge in [-0.3, -0.25) is 9.59 Å². The van der Waals surface area contributed by atoms with Crippen LogP contribution in [-0.4, -0.2) is 56.9 Å². The Hall–Kier alpha value is -3.39. The van der Waals surface area contributed by atoms with Crippen molar-refractivity contribution in [1.82, 2.24) is 4.98 Å². The van der Waals surface area contributed by atoms with Crippen molar-refractivity contribution in [3.8, 4) is 22.9 Å². The van der Waals surface area contributed by atoms with E-state index in [9.17, 15) is 9.59 Å². The molecule has 34 heavy (non-hydrogen) atoms. The van der Waals surface area contributed by atoms with Gasteiger partial charge in [0.1, 0.15) is 5.75 Å². The normalized spacial score (nSPS) is 10.5. The van der Waals surface area contributed by atoms with Crippen molar-refractivity contribution >= 4 is 39.0 Å². The van der Waals surface area contributed by atoms with Crippen LogP contribution in [0.4, 0.5) is 11.4 Å². The Morgan fingerprint density at radius 3 is 2.09 bits per heavy atom. The van der Waals surface area contributed by atoms with E-state index < -0.39 is 0 Å². The number of benzene rings is 2. The summed E-state index contributed by atoms with van der Waals surface area (Å²) in [6, 6.07) is 18.6.